The number of Topliss-reactive ketones (excluding diaryl/α,β-unsaturated/α-hetero) is 1. The molecule has 0 saturated carbocycles. The Bertz CT molecular complexity index is 668. The van der Waals surface area contributed by atoms with Crippen LogP contribution >= 0.6 is 11.8 Å². The molecule has 4 N–H and O–H groups in total. The van der Waals surface area contributed by atoms with Gasteiger partial charge in [-0.15, -0.1) is 11.8 Å². The van der Waals surface area contributed by atoms with Crippen molar-refractivity contribution in [2.45, 2.75) is 19.4 Å². The van der Waals surface area contributed by atoms with Crippen LogP contribution in [-0.2, 0) is 4.79 Å². The van der Waals surface area contributed by atoms with E-state index in [-0.39, 0.29) is 28.6 Å². The molecular formula is C14H18N4O4S. The van der Waals surface area contributed by atoms with Crippen LogP contribution in [0.5, 0.6) is 0 Å². The molecule has 1 unspecified atom stereocenters. The summed E-state index contributed by atoms with van der Waals surface area (Å²) in [5.41, 5.74) is 0.330. The maximum absolute atomic E-state index is 12.5. The maximum atomic E-state index is 12.5. The lowest BCUT2D eigenvalue weighted by Crippen LogP contribution is -2.23. The predicted molar refractivity (Wildman–Crippen MR) is 85.1 cm³/mol. The second-order valence-corrected chi connectivity index (χ2v) is 6.07. The second-order valence-electron chi connectivity index (χ2n) is 4.93. The van der Waals surface area contributed by atoms with Crippen LogP contribution in [0, 0.1) is 0 Å². The van der Waals surface area contributed by atoms with Crippen LogP contribution < -0.4 is 10.6 Å². The van der Waals surface area contributed by atoms with Crippen LogP contribution in [0.2, 0.25) is 0 Å². The zero-order chi connectivity index (χ0) is 17.0. The van der Waals surface area contributed by atoms with Gasteiger partial charge in [-0.3, -0.25) is 19.5 Å². The fourth-order valence-corrected chi connectivity index (χ4v) is 3.11. The second kappa shape index (κ2) is 7.42. The van der Waals surface area contributed by atoms with Crippen molar-refractivity contribution in [3.63, 3.8) is 0 Å². The average Bonchev–Trinajstić information content (AvgIpc) is 2.96. The van der Waals surface area contributed by atoms with Gasteiger partial charge < -0.3 is 15.7 Å². The largest absolute Gasteiger partial charge is 0.383 e. The van der Waals surface area contributed by atoms with Crippen LogP contribution in [-0.4, -0.2) is 52.2 Å². The smallest absolute Gasteiger partial charge is 0.272 e. The summed E-state index contributed by atoms with van der Waals surface area (Å²) < 4.78 is 0. The normalized spacial score (nSPS) is 16.6. The Hall–Kier alpha value is -2.13. The van der Waals surface area contributed by atoms with Gasteiger partial charge in [-0.1, -0.05) is 0 Å². The minimum atomic E-state index is -1.01. The zero-order valence-corrected chi connectivity index (χ0v) is 13.6. The van der Waals surface area contributed by atoms with E-state index >= 15 is 0 Å². The van der Waals surface area contributed by atoms with Crippen LogP contribution in [0.3, 0.4) is 0 Å². The number of amides is 2. The predicted octanol–water partition coefficient (Wildman–Crippen LogP) is 0.142. The molecule has 23 heavy (non-hydrogen) atoms. The molecular weight excluding hydrogens is 320 g/mol. The first kappa shape index (κ1) is 17.2. The average molecular weight is 338 g/mol. The van der Waals surface area contributed by atoms with Crippen molar-refractivity contribution < 1.29 is 19.5 Å². The Balaban J connectivity index is 2.07. The van der Waals surface area contributed by atoms with Crippen molar-refractivity contribution in [2.24, 2.45) is 0 Å². The van der Waals surface area contributed by atoms with Crippen LogP contribution in [0.15, 0.2) is 11.0 Å². The number of aliphatic hydroxyl groups is 1. The summed E-state index contributed by atoms with van der Waals surface area (Å²) in [7, 11) is 1.45. The third-order valence-electron chi connectivity index (χ3n) is 3.24. The number of H-pyrrole nitrogens is 1. The van der Waals surface area contributed by atoms with Crippen molar-refractivity contribution in [3.05, 3.63) is 27.9 Å². The molecule has 0 saturated heterocycles. The molecule has 9 heteroatoms. The molecule has 0 bridgehead atoms. The number of carbonyl (C=O) groups excluding carboxylic acids is 3. The molecule has 1 aromatic rings. The summed E-state index contributed by atoms with van der Waals surface area (Å²) in [5, 5.41) is 21.6. The van der Waals surface area contributed by atoms with E-state index in [1.165, 1.54) is 31.8 Å². The summed E-state index contributed by atoms with van der Waals surface area (Å²) in [6.07, 6.45) is 1.12. The third kappa shape index (κ3) is 3.80. The minimum absolute atomic E-state index is 0.0176. The van der Waals surface area contributed by atoms with Gasteiger partial charge in [0, 0.05) is 20.5 Å². The van der Waals surface area contributed by atoms with Gasteiger partial charge in [0.1, 0.15) is 6.10 Å². The number of fused-ring (bicyclic) bond motifs is 1. The molecule has 1 atom stereocenters. The number of nitrogens with one attached hydrogen (secondary N) is 3. The van der Waals surface area contributed by atoms with Gasteiger partial charge in [-0.2, -0.15) is 5.10 Å². The quantitative estimate of drug-likeness (QED) is 0.547. The first-order chi connectivity index (χ1) is 11.0. The highest BCUT2D eigenvalue weighted by Gasteiger charge is 2.33. The van der Waals surface area contributed by atoms with E-state index in [0.717, 1.165) is 0 Å². The number of ketones is 1. The van der Waals surface area contributed by atoms with E-state index < -0.39 is 12.0 Å². The molecule has 1 aromatic heterocycles. The Kier molecular flexibility index (Phi) is 5.56. The molecule has 0 spiro atoms. The summed E-state index contributed by atoms with van der Waals surface area (Å²) >= 11 is 1.28. The summed E-state index contributed by atoms with van der Waals surface area (Å²) in [6, 6.07) is 0. The van der Waals surface area contributed by atoms with E-state index in [1.54, 1.807) is 0 Å². The van der Waals surface area contributed by atoms with E-state index in [2.05, 4.69) is 20.8 Å². The fourth-order valence-electron chi connectivity index (χ4n) is 2.14. The topological polar surface area (TPSA) is 124 Å². The van der Waals surface area contributed by atoms with E-state index in [4.69, 9.17) is 0 Å². The number of carbonyl (C=O) groups is 3. The molecule has 0 aliphatic heterocycles. The number of aromatic nitrogens is 2. The highest BCUT2D eigenvalue weighted by molar-refractivity contribution is 8.04. The van der Waals surface area contributed by atoms with Gasteiger partial charge >= 0.3 is 0 Å². The van der Waals surface area contributed by atoms with E-state index in [0.29, 0.717) is 23.6 Å². The first-order valence-corrected chi connectivity index (χ1v) is 8.06. The zero-order valence-electron chi connectivity index (χ0n) is 12.8. The molecule has 1 aliphatic rings. The summed E-state index contributed by atoms with van der Waals surface area (Å²) in [5.74, 6) is -0.314. The van der Waals surface area contributed by atoms with Crippen LogP contribution in [0.4, 0.5) is 0 Å². The molecule has 1 aliphatic carbocycles. The number of hydrogen-bond donors (Lipinski definition) is 4. The monoisotopic (exact) mass is 338 g/mol. The highest BCUT2D eigenvalue weighted by atomic mass is 32.2. The van der Waals surface area contributed by atoms with E-state index in [9.17, 15) is 19.5 Å². The summed E-state index contributed by atoms with van der Waals surface area (Å²) in [6.45, 7) is 1.96. The molecule has 0 fully saturated rings. The highest BCUT2D eigenvalue weighted by Crippen LogP contribution is 2.34. The number of aliphatic hydroxyl groups excluding tert-OH is 1. The minimum Gasteiger partial charge on any atom is -0.383 e. The Labute approximate surface area is 137 Å². The SMILES string of the molecule is CNC(=O)c1n[nH]c2c1C(=O)C(SCCCNC(C)=O)=CC2O. The van der Waals surface area contributed by atoms with Gasteiger partial charge in [-0.05, 0) is 18.2 Å². The van der Waals surface area contributed by atoms with E-state index in [1.807, 2.05) is 0 Å². The Morgan fingerprint density at radius 1 is 1.48 bits per heavy atom. The standard InChI is InChI=1S/C14H18N4O4S/c1-7(19)16-4-3-5-23-9-6-8(20)11-10(13(9)21)12(18-17-11)14(22)15-2/h6,8,20H,3-5H2,1-2H3,(H,15,22)(H,16,19)(H,17,18). The first-order valence-electron chi connectivity index (χ1n) is 7.07. The van der Waals surface area contributed by atoms with Crippen molar-refractivity contribution in [3.8, 4) is 0 Å². The van der Waals surface area contributed by atoms with Crippen molar-refractivity contribution in [1.29, 1.82) is 0 Å². The third-order valence-corrected chi connectivity index (χ3v) is 4.37. The van der Waals surface area contributed by atoms with Gasteiger partial charge in [0.15, 0.2) is 5.69 Å². The molecule has 1 heterocycles. The molecule has 124 valence electrons. The lowest BCUT2D eigenvalue weighted by Gasteiger charge is -2.16. The van der Waals surface area contributed by atoms with Gasteiger partial charge in [0.05, 0.1) is 16.2 Å². The van der Waals surface area contributed by atoms with Crippen LogP contribution in [0.1, 0.15) is 46.0 Å². The molecule has 2 rings (SSSR count). The molecule has 0 radical (unpaired) electrons. The number of aromatic amines is 1. The lowest BCUT2D eigenvalue weighted by molar-refractivity contribution is -0.118. The van der Waals surface area contributed by atoms with Gasteiger partial charge in [0.25, 0.3) is 5.91 Å². The Morgan fingerprint density at radius 2 is 2.22 bits per heavy atom. The molecule has 0 aromatic carbocycles. The van der Waals surface area contributed by atoms with Gasteiger partial charge in [0.2, 0.25) is 11.7 Å². The van der Waals surface area contributed by atoms with Gasteiger partial charge in [-0.25, -0.2) is 0 Å². The molecule has 2 amide bonds. The van der Waals surface area contributed by atoms with Crippen molar-refractivity contribution in [1.82, 2.24) is 20.8 Å². The number of allylic oxidation sites excluding steroid dienone is 1. The van der Waals surface area contributed by atoms with Crippen molar-refractivity contribution in [2.75, 3.05) is 19.3 Å². The summed E-state index contributed by atoms with van der Waals surface area (Å²) in [4.78, 5) is 35.5. The van der Waals surface area contributed by atoms with Crippen molar-refractivity contribution >= 4 is 29.4 Å². The Morgan fingerprint density at radius 3 is 2.87 bits per heavy atom. The maximum Gasteiger partial charge on any atom is 0.272 e. The fraction of sp³-hybridized carbons (Fsp3) is 0.429. The number of hydrogen-bond acceptors (Lipinski definition) is 6. The molecule has 8 nitrogen and oxygen atoms in total. The number of thioether (sulfide) groups is 1. The van der Waals surface area contributed by atoms with Crippen LogP contribution in [0.25, 0.3) is 0 Å². The number of nitrogens with zero attached hydrogens (tertiary/aromatic N) is 1. The number of rotatable bonds is 6. The lowest BCUT2D eigenvalue weighted by atomic mass is 9.98.